The van der Waals surface area contributed by atoms with Crippen LogP contribution in [0.15, 0.2) is 30.3 Å². The summed E-state index contributed by atoms with van der Waals surface area (Å²) in [4.78, 5) is 16.6. The van der Waals surface area contributed by atoms with Gasteiger partial charge in [0.2, 0.25) is 0 Å². The number of urea groups is 1. The molecule has 2 fully saturated rings. The van der Waals surface area contributed by atoms with Crippen LogP contribution in [0.25, 0.3) is 0 Å². The Morgan fingerprint density at radius 1 is 1.23 bits per heavy atom. The number of ether oxygens (including phenoxy) is 1. The first-order chi connectivity index (χ1) is 10.7. The highest BCUT2D eigenvalue weighted by Crippen LogP contribution is 2.17. The van der Waals surface area contributed by atoms with Crippen LogP contribution in [0.3, 0.4) is 0 Å². The largest absolute Gasteiger partial charge is 0.376 e. The number of nitrogens with one attached hydrogen (secondary N) is 1. The molecule has 1 N–H and O–H groups in total. The van der Waals surface area contributed by atoms with Gasteiger partial charge >= 0.3 is 6.03 Å². The van der Waals surface area contributed by atoms with Crippen LogP contribution in [-0.4, -0.2) is 55.9 Å². The van der Waals surface area contributed by atoms with E-state index in [1.165, 1.54) is 5.69 Å². The summed E-state index contributed by atoms with van der Waals surface area (Å²) in [7, 11) is 0. The molecule has 1 aromatic carbocycles. The number of nitrogens with zero attached hydrogens (tertiary/aromatic N) is 2. The third-order valence-corrected chi connectivity index (χ3v) is 4.56. The summed E-state index contributed by atoms with van der Waals surface area (Å²) in [6.07, 6.45) is 2.32. The number of hydrogen-bond acceptors (Lipinski definition) is 3. The molecule has 0 aromatic heterocycles. The van der Waals surface area contributed by atoms with Gasteiger partial charge in [-0.2, -0.15) is 0 Å². The molecule has 3 rings (SSSR count). The first-order valence-corrected chi connectivity index (χ1v) is 8.21. The first kappa shape index (κ1) is 15.2. The van der Waals surface area contributed by atoms with Crippen LogP contribution >= 0.6 is 0 Å². The monoisotopic (exact) mass is 303 g/mol. The zero-order chi connectivity index (χ0) is 15.4. The standard InChI is InChI=1S/C17H25N3O2/c1-14(16-8-5-13-22-16)18-17(21)20-11-9-19(10-12-20)15-6-3-2-4-7-15/h2-4,6-7,14,16H,5,8-13H2,1H3,(H,18,21). The van der Waals surface area contributed by atoms with Crippen molar-refractivity contribution in [2.45, 2.75) is 31.9 Å². The Bertz CT molecular complexity index is 480. The molecule has 2 heterocycles. The van der Waals surface area contributed by atoms with Gasteiger partial charge in [-0.3, -0.25) is 0 Å². The molecule has 120 valence electrons. The number of anilines is 1. The van der Waals surface area contributed by atoms with Gasteiger partial charge in [0.1, 0.15) is 0 Å². The zero-order valence-electron chi connectivity index (χ0n) is 13.2. The van der Waals surface area contributed by atoms with Crippen LogP contribution in [0.5, 0.6) is 0 Å². The number of carbonyl (C=O) groups excluding carboxylic acids is 1. The maximum atomic E-state index is 12.3. The van der Waals surface area contributed by atoms with Crippen molar-refractivity contribution in [2.24, 2.45) is 0 Å². The van der Waals surface area contributed by atoms with Crippen molar-refractivity contribution < 1.29 is 9.53 Å². The molecule has 5 heteroatoms. The summed E-state index contributed by atoms with van der Waals surface area (Å²) in [6, 6.07) is 10.5. The normalized spacial score (nSPS) is 23.4. The molecule has 2 saturated heterocycles. The Kier molecular flexibility index (Phi) is 4.83. The third kappa shape index (κ3) is 3.53. The van der Waals surface area contributed by atoms with Crippen LogP contribution in [0, 0.1) is 0 Å². The van der Waals surface area contributed by atoms with Gasteiger partial charge in [-0.05, 0) is 31.9 Å². The summed E-state index contributed by atoms with van der Waals surface area (Å²) >= 11 is 0. The topological polar surface area (TPSA) is 44.8 Å². The second kappa shape index (κ2) is 7.01. The summed E-state index contributed by atoms with van der Waals surface area (Å²) in [5.41, 5.74) is 1.23. The lowest BCUT2D eigenvalue weighted by Crippen LogP contribution is -2.54. The van der Waals surface area contributed by atoms with Crippen LogP contribution in [-0.2, 0) is 4.74 Å². The van der Waals surface area contributed by atoms with E-state index in [9.17, 15) is 4.79 Å². The molecule has 1 aromatic rings. The second-order valence-corrected chi connectivity index (χ2v) is 6.10. The number of benzene rings is 1. The van der Waals surface area contributed by atoms with Gasteiger partial charge < -0.3 is 19.9 Å². The Morgan fingerprint density at radius 2 is 1.95 bits per heavy atom. The molecule has 2 amide bonds. The van der Waals surface area contributed by atoms with Gasteiger partial charge in [-0.25, -0.2) is 4.79 Å². The predicted octanol–water partition coefficient (Wildman–Crippen LogP) is 2.09. The number of rotatable bonds is 3. The highest BCUT2D eigenvalue weighted by Gasteiger charge is 2.27. The molecule has 2 atom stereocenters. The molecule has 2 aliphatic heterocycles. The smallest absolute Gasteiger partial charge is 0.317 e. The number of piperazine rings is 1. The highest BCUT2D eigenvalue weighted by atomic mass is 16.5. The number of carbonyl (C=O) groups is 1. The number of para-hydroxylation sites is 1. The summed E-state index contributed by atoms with van der Waals surface area (Å²) < 4.78 is 5.64. The van der Waals surface area contributed by atoms with Gasteiger partial charge in [0.25, 0.3) is 0 Å². The molecule has 0 spiro atoms. The summed E-state index contributed by atoms with van der Waals surface area (Å²) in [6.45, 7) is 6.14. The van der Waals surface area contributed by atoms with Crippen molar-refractivity contribution >= 4 is 11.7 Å². The first-order valence-electron chi connectivity index (χ1n) is 8.21. The van der Waals surface area contributed by atoms with Crippen LogP contribution in [0.4, 0.5) is 10.5 Å². The SMILES string of the molecule is CC(NC(=O)N1CCN(c2ccccc2)CC1)C1CCCO1. The van der Waals surface area contributed by atoms with Crippen molar-refractivity contribution in [3.63, 3.8) is 0 Å². The van der Waals surface area contributed by atoms with E-state index >= 15 is 0 Å². The quantitative estimate of drug-likeness (QED) is 0.930. The van der Waals surface area contributed by atoms with Crippen LogP contribution in [0.2, 0.25) is 0 Å². The maximum Gasteiger partial charge on any atom is 0.317 e. The van der Waals surface area contributed by atoms with Crippen molar-refractivity contribution in [1.82, 2.24) is 10.2 Å². The molecule has 0 bridgehead atoms. The summed E-state index contributed by atoms with van der Waals surface area (Å²) in [5, 5.41) is 3.09. The molecule has 22 heavy (non-hydrogen) atoms. The van der Waals surface area contributed by atoms with E-state index < -0.39 is 0 Å². The average molecular weight is 303 g/mol. The van der Waals surface area contributed by atoms with E-state index in [2.05, 4.69) is 34.5 Å². The Morgan fingerprint density at radius 3 is 2.59 bits per heavy atom. The fourth-order valence-electron chi connectivity index (χ4n) is 3.18. The summed E-state index contributed by atoms with van der Waals surface area (Å²) in [5.74, 6) is 0. The lowest BCUT2D eigenvalue weighted by Gasteiger charge is -2.36. The van der Waals surface area contributed by atoms with E-state index in [0.717, 1.165) is 45.6 Å². The minimum Gasteiger partial charge on any atom is -0.376 e. The lowest BCUT2D eigenvalue weighted by molar-refractivity contribution is 0.0831. The van der Waals surface area contributed by atoms with Crippen molar-refractivity contribution in [1.29, 1.82) is 0 Å². The lowest BCUT2D eigenvalue weighted by atomic mass is 10.1. The van der Waals surface area contributed by atoms with Crippen molar-refractivity contribution in [3.05, 3.63) is 30.3 Å². The van der Waals surface area contributed by atoms with Gasteiger partial charge in [-0.15, -0.1) is 0 Å². The van der Waals surface area contributed by atoms with Crippen LogP contribution in [0.1, 0.15) is 19.8 Å². The molecular weight excluding hydrogens is 278 g/mol. The average Bonchev–Trinajstić information content (AvgIpc) is 3.10. The third-order valence-electron chi connectivity index (χ3n) is 4.56. The van der Waals surface area contributed by atoms with Gasteiger partial charge in [-0.1, -0.05) is 18.2 Å². The Balaban J connectivity index is 1.47. The van der Waals surface area contributed by atoms with Crippen molar-refractivity contribution in [2.75, 3.05) is 37.7 Å². The Hall–Kier alpha value is -1.75. The second-order valence-electron chi connectivity index (χ2n) is 6.10. The fourth-order valence-corrected chi connectivity index (χ4v) is 3.18. The zero-order valence-corrected chi connectivity index (χ0v) is 13.2. The Labute approximate surface area is 132 Å². The van der Waals surface area contributed by atoms with Gasteiger partial charge in [0.15, 0.2) is 0 Å². The molecule has 0 saturated carbocycles. The van der Waals surface area contributed by atoms with E-state index in [0.29, 0.717) is 0 Å². The fraction of sp³-hybridized carbons (Fsp3) is 0.588. The van der Waals surface area contributed by atoms with E-state index in [1.54, 1.807) is 0 Å². The van der Waals surface area contributed by atoms with E-state index in [-0.39, 0.29) is 18.2 Å². The molecule has 2 aliphatic rings. The van der Waals surface area contributed by atoms with E-state index in [4.69, 9.17) is 4.74 Å². The van der Waals surface area contributed by atoms with Gasteiger partial charge in [0, 0.05) is 38.5 Å². The molecule has 5 nitrogen and oxygen atoms in total. The predicted molar refractivity (Wildman–Crippen MR) is 87.2 cm³/mol. The van der Waals surface area contributed by atoms with Crippen molar-refractivity contribution in [3.8, 4) is 0 Å². The van der Waals surface area contributed by atoms with E-state index in [1.807, 2.05) is 17.9 Å². The number of amides is 2. The molecule has 0 radical (unpaired) electrons. The minimum absolute atomic E-state index is 0.0377. The maximum absolute atomic E-state index is 12.3. The molecule has 0 aliphatic carbocycles. The minimum atomic E-state index is 0.0377. The number of hydrogen-bond donors (Lipinski definition) is 1. The highest BCUT2D eigenvalue weighted by molar-refractivity contribution is 5.75. The molecule has 2 unspecified atom stereocenters. The van der Waals surface area contributed by atoms with Gasteiger partial charge in [0.05, 0.1) is 12.1 Å². The van der Waals surface area contributed by atoms with Crippen LogP contribution < -0.4 is 10.2 Å². The molecular formula is C17H25N3O2.